The highest BCUT2D eigenvalue weighted by Gasteiger charge is 2.14. The van der Waals surface area contributed by atoms with Gasteiger partial charge in [-0.1, -0.05) is 35.5 Å². The maximum absolute atomic E-state index is 13.1. The van der Waals surface area contributed by atoms with Crippen molar-refractivity contribution in [3.63, 3.8) is 0 Å². The molecule has 0 atom stereocenters. The molecule has 0 saturated carbocycles. The molecule has 0 fully saturated rings. The normalized spacial score (nSPS) is 11.2. The lowest BCUT2D eigenvalue weighted by atomic mass is 10.1. The summed E-state index contributed by atoms with van der Waals surface area (Å²) < 4.78 is 24.4. The van der Waals surface area contributed by atoms with Gasteiger partial charge in [0, 0.05) is 16.8 Å². The van der Waals surface area contributed by atoms with Crippen LogP contribution in [0.5, 0.6) is 5.75 Å². The van der Waals surface area contributed by atoms with Gasteiger partial charge in [-0.2, -0.15) is 0 Å². The van der Waals surface area contributed by atoms with Crippen molar-refractivity contribution in [2.45, 2.75) is 0 Å². The van der Waals surface area contributed by atoms with Gasteiger partial charge in [0.05, 0.1) is 19.0 Å². The molecule has 0 bridgehead atoms. The summed E-state index contributed by atoms with van der Waals surface area (Å²) in [7, 11) is 1.53. The molecule has 0 aliphatic heterocycles. The lowest BCUT2D eigenvalue weighted by Crippen LogP contribution is -2.17. The van der Waals surface area contributed by atoms with Crippen LogP contribution in [0.4, 0.5) is 10.1 Å². The van der Waals surface area contributed by atoms with Gasteiger partial charge in [-0.25, -0.2) is 4.39 Å². The van der Waals surface area contributed by atoms with E-state index in [1.807, 2.05) is 30.3 Å². The zero-order valence-corrected chi connectivity index (χ0v) is 15.5. The highest BCUT2D eigenvalue weighted by atomic mass is 19.1. The molecule has 6 nitrogen and oxygen atoms in total. The number of furan rings is 1. The van der Waals surface area contributed by atoms with E-state index in [1.165, 1.54) is 25.5 Å². The Morgan fingerprint density at radius 2 is 1.97 bits per heavy atom. The zero-order chi connectivity index (χ0) is 20.2. The molecule has 1 amide bonds. The topological polar surface area (TPSA) is 73.1 Å². The number of halogens is 1. The number of rotatable bonds is 6. The third-order valence-corrected chi connectivity index (χ3v) is 4.29. The maximum Gasteiger partial charge on any atom is 0.265 e. The van der Waals surface area contributed by atoms with E-state index in [2.05, 4.69) is 10.5 Å². The van der Waals surface area contributed by atoms with Crippen LogP contribution >= 0.6 is 0 Å². The van der Waals surface area contributed by atoms with Crippen molar-refractivity contribution in [3.8, 4) is 5.75 Å². The number of fused-ring (bicyclic) bond motifs is 3. The van der Waals surface area contributed by atoms with E-state index in [1.54, 1.807) is 18.2 Å². The van der Waals surface area contributed by atoms with Crippen LogP contribution in [-0.2, 0) is 9.63 Å². The molecule has 29 heavy (non-hydrogen) atoms. The number of hydrogen-bond acceptors (Lipinski definition) is 5. The summed E-state index contributed by atoms with van der Waals surface area (Å²) in [5.41, 5.74) is 2.37. The summed E-state index contributed by atoms with van der Waals surface area (Å²) in [6.07, 6.45) is 1.33. The van der Waals surface area contributed by atoms with Crippen molar-refractivity contribution in [1.29, 1.82) is 0 Å². The second-order valence-electron chi connectivity index (χ2n) is 6.26. The molecule has 4 rings (SSSR count). The van der Waals surface area contributed by atoms with Crippen LogP contribution in [0.25, 0.3) is 21.9 Å². The fourth-order valence-electron chi connectivity index (χ4n) is 2.99. The number of amides is 1. The third kappa shape index (κ3) is 4.03. The summed E-state index contributed by atoms with van der Waals surface area (Å²) >= 11 is 0. The number of nitrogens with zero attached hydrogens (tertiary/aromatic N) is 1. The van der Waals surface area contributed by atoms with Crippen molar-refractivity contribution in [3.05, 3.63) is 72.0 Å². The number of benzene rings is 3. The number of nitrogens with one attached hydrogen (secondary N) is 1. The summed E-state index contributed by atoms with van der Waals surface area (Å²) in [5, 5.41) is 8.27. The number of ether oxygens (including phenoxy) is 1. The molecule has 3 aromatic carbocycles. The zero-order valence-electron chi connectivity index (χ0n) is 15.5. The average molecular weight is 392 g/mol. The molecule has 0 saturated heterocycles. The first-order chi connectivity index (χ1) is 14.1. The minimum atomic E-state index is -0.421. The van der Waals surface area contributed by atoms with Gasteiger partial charge in [0.2, 0.25) is 0 Å². The quantitative estimate of drug-likeness (QED) is 0.381. The first-order valence-electron chi connectivity index (χ1n) is 8.84. The second-order valence-corrected chi connectivity index (χ2v) is 6.26. The standard InChI is InChI=1S/C22H17FN2O4/c1-27-21-10-17-16-7-2-3-8-19(16)29-20(17)11-18(21)25-22(26)13-28-24-12-14-5-4-6-15(23)9-14/h2-12H,13H2,1H3,(H,25,26)/b24-12-. The molecule has 146 valence electrons. The number of methoxy groups -OCH3 is 1. The van der Waals surface area contributed by atoms with Gasteiger partial charge < -0.3 is 19.3 Å². The number of oxime groups is 1. The van der Waals surface area contributed by atoms with Crippen molar-refractivity contribution < 1.29 is 23.2 Å². The van der Waals surface area contributed by atoms with E-state index in [0.717, 1.165) is 16.4 Å². The molecule has 7 heteroatoms. The molecule has 0 aliphatic rings. The van der Waals surface area contributed by atoms with E-state index in [4.69, 9.17) is 14.0 Å². The van der Waals surface area contributed by atoms with Gasteiger partial charge in [0.25, 0.3) is 5.91 Å². The lowest BCUT2D eigenvalue weighted by Gasteiger charge is -2.09. The largest absolute Gasteiger partial charge is 0.495 e. The number of hydrogen-bond donors (Lipinski definition) is 1. The monoisotopic (exact) mass is 392 g/mol. The summed E-state index contributed by atoms with van der Waals surface area (Å²) in [5.74, 6) is -0.296. The molecule has 1 heterocycles. The smallest absolute Gasteiger partial charge is 0.265 e. The Balaban J connectivity index is 1.46. The van der Waals surface area contributed by atoms with Gasteiger partial charge in [-0.05, 0) is 29.8 Å². The van der Waals surface area contributed by atoms with Crippen LogP contribution in [0.1, 0.15) is 5.56 Å². The number of carbonyl (C=O) groups is 1. The Morgan fingerprint density at radius 3 is 2.79 bits per heavy atom. The summed E-state index contributed by atoms with van der Waals surface area (Å²) in [4.78, 5) is 17.2. The van der Waals surface area contributed by atoms with E-state index < -0.39 is 5.91 Å². The van der Waals surface area contributed by atoms with Crippen LogP contribution in [-0.4, -0.2) is 25.8 Å². The third-order valence-electron chi connectivity index (χ3n) is 4.29. The van der Waals surface area contributed by atoms with Gasteiger partial charge in [-0.3, -0.25) is 4.79 Å². The molecular formula is C22H17FN2O4. The van der Waals surface area contributed by atoms with Crippen LogP contribution in [0.3, 0.4) is 0 Å². The fraction of sp³-hybridized carbons (Fsp3) is 0.0909. The average Bonchev–Trinajstić information content (AvgIpc) is 3.08. The SMILES string of the molecule is COc1cc2c(cc1NC(=O)CO/N=C\c1cccc(F)c1)oc1ccccc12. The molecular weight excluding hydrogens is 375 g/mol. The number of para-hydroxylation sites is 1. The van der Waals surface area contributed by atoms with Crippen LogP contribution < -0.4 is 10.1 Å². The van der Waals surface area contributed by atoms with E-state index in [9.17, 15) is 9.18 Å². The van der Waals surface area contributed by atoms with E-state index in [-0.39, 0.29) is 12.4 Å². The maximum atomic E-state index is 13.1. The minimum absolute atomic E-state index is 0.312. The molecule has 0 aliphatic carbocycles. The summed E-state index contributed by atoms with van der Waals surface area (Å²) in [6.45, 7) is -0.312. The predicted molar refractivity (Wildman–Crippen MR) is 109 cm³/mol. The highest BCUT2D eigenvalue weighted by Crippen LogP contribution is 2.36. The van der Waals surface area contributed by atoms with Crippen LogP contribution in [0.15, 0.2) is 70.2 Å². The molecule has 1 N–H and O–H groups in total. The van der Waals surface area contributed by atoms with Gasteiger partial charge in [-0.15, -0.1) is 0 Å². The highest BCUT2D eigenvalue weighted by molar-refractivity contribution is 6.07. The molecule has 0 unspecified atom stereocenters. The second kappa shape index (κ2) is 8.02. The first-order valence-corrected chi connectivity index (χ1v) is 8.84. The van der Waals surface area contributed by atoms with Crippen molar-refractivity contribution in [2.24, 2.45) is 5.16 Å². The fourth-order valence-corrected chi connectivity index (χ4v) is 2.99. The van der Waals surface area contributed by atoms with Gasteiger partial charge >= 0.3 is 0 Å². The van der Waals surface area contributed by atoms with E-state index >= 15 is 0 Å². The number of carbonyl (C=O) groups excluding carboxylic acids is 1. The molecule has 1 aromatic heterocycles. The van der Waals surface area contributed by atoms with Crippen molar-refractivity contribution in [1.82, 2.24) is 0 Å². The Labute approximate surface area is 165 Å². The van der Waals surface area contributed by atoms with Gasteiger partial charge in [0.1, 0.15) is 22.7 Å². The predicted octanol–water partition coefficient (Wildman–Crippen LogP) is 4.72. The Morgan fingerprint density at radius 1 is 1.10 bits per heavy atom. The van der Waals surface area contributed by atoms with Crippen LogP contribution in [0.2, 0.25) is 0 Å². The van der Waals surface area contributed by atoms with Gasteiger partial charge in [0.15, 0.2) is 6.61 Å². The lowest BCUT2D eigenvalue weighted by molar-refractivity contribution is -0.120. The summed E-state index contributed by atoms with van der Waals surface area (Å²) in [6, 6.07) is 17.1. The van der Waals surface area contributed by atoms with Crippen LogP contribution in [0, 0.1) is 5.82 Å². The first kappa shape index (κ1) is 18.5. The van der Waals surface area contributed by atoms with Crippen molar-refractivity contribution in [2.75, 3.05) is 19.0 Å². The Hall–Kier alpha value is -3.87. The molecule has 4 aromatic rings. The molecule has 0 radical (unpaired) electrons. The van der Waals surface area contributed by atoms with E-state index in [0.29, 0.717) is 22.6 Å². The number of anilines is 1. The molecule has 0 spiro atoms. The van der Waals surface area contributed by atoms with Crippen molar-refractivity contribution >= 4 is 39.7 Å². The Bertz CT molecular complexity index is 1220. The minimum Gasteiger partial charge on any atom is -0.495 e. The Kier molecular flexibility index (Phi) is 5.11.